The minimum Gasteiger partial charge on any atom is -0.354 e. The predicted octanol–water partition coefficient (Wildman–Crippen LogP) is 1.67. The van der Waals surface area contributed by atoms with Crippen LogP contribution in [0.4, 0.5) is 0 Å². The van der Waals surface area contributed by atoms with Gasteiger partial charge in [0.1, 0.15) is 0 Å². The zero-order chi connectivity index (χ0) is 15.9. The Morgan fingerprint density at radius 2 is 1.82 bits per heavy atom. The summed E-state index contributed by atoms with van der Waals surface area (Å²) < 4.78 is 0.933. The summed E-state index contributed by atoms with van der Waals surface area (Å²) in [7, 11) is 0. The SMILES string of the molecule is NC[C@H]1CCC[C@H]1C(=O)NCCNC(=O)c1ccc(Br)cc1. The Hall–Kier alpha value is -1.40. The van der Waals surface area contributed by atoms with E-state index in [1.54, 1.807) is 12.1 Å². The first-order valence-electron chi connectivity index (χ1n) is 7.63. The molecule has 2 rings (SSSR count). The molecular weight excluding hydrogens is 346 g/mol. The Balaban J connectivity index is 1.69. The zero-order valence-electron chi connectivity index (χ0n) is 12.5. The fourth-order valence-corrected chi connectivity index (χ4v) is 3.12. The van der Waals surface area contributed by atoms with Crippen molar-refractivity contribution in [3.8, 4) is 0 Å². The standard InChI is InChI=1S/C16H22BrN3O2/c17-13-6-4-11(5-7-13)15(21)19-8-9-20-16(22)14-3-1-2-12(14)10-18/h4-7,12,14H,1-3,8-10,18H2,(H,19,21)(H,20,22)/t12-,14-/m1/s1. The van der Waals surface area contributed by atoms with Crippen molar-refractivity contribution in [3.63, 3.8) is 0 Å². The maximum atomic E-state index is 12.1. The second-order valence-corrected chi connectivity index (χ2v) is 6.50. The van der Waals surface area contributed by atoms with E-state index >= 15 is 0 Å². The molecule has 0 spiro atoms. The topological polar surface area (TPSA) is 84.2 Å². The maximum Gasteiger partial charge on any atom is 0.251 e. The van der Waals surface area contributed by atoms with Crippen LogP contribution in [0.2, 0.25) is 0 Å². The number of halogens is 1. The van der Waals surface area contributed by atoms with E-state index in [1.165, 1.54) is 0 Å². The van der Waals surface area contributed by atoms with Gasteiger partial charge in [-0.05, 0) is 49.6 Å². The van der Waals surface area contributed by atoms with Crippen LogP contribution in [0.25, 0.3) is 0 Å². The summed E-state index contributed by atoms with van der Waals surface area (Å²) in [4.78, 5) is 24.0. The van der Waals surface area contributed by atoms with Gasteiger partial charge < -0.3 is 16.4 Å². The van der Waals surface area contributed by atoms with Crippen molar-refractivity contribution < 1.29 is 9.59 Å². The molecule has 1 aromatic rings. The van der Waals surface area contributed by atoms with Crippen LogP contribution in [-0.4, -0.2) is 31.4 Å². The summed E-state index contributed by atoms with van der Waals surface area (Å²) in [6.07, 6.45) is 3.02. The molecule has 0 bridgehead atoms. The first kappa shape index (κ1) is 17.0. The van der Waals surface area contributed by atoms with Gasteiger partial charge in [-0.25, -0.2) is 0 Å². The monoisotopic (exact) mass is 367 g/mol. The van der Waals surface area contributed by atoms with Gasteiger partial charge in [-0.15, -0.1) is 0 Å². The summed E-state index contributed by atoms with van der Waals surface area (Å²) in [5.41, 5.74) is 6.30. The number of hydrogen-bond donors (Lipinski definition) is 3. The number of nitrogens with one attached hydrogen (secondary N) is 2. The van der Waals surface area contributed by atoms with Gasteiger partial charge in [-0.2, -0.15) is 0 Å². The normalized spacial score (nSPS) is 20.6. The van der Waals surface area contributed by atoms with Crippen molar-refractivity contribution >= 4 is 27.7 Å². The van der Waals surface area contributed by atoms with Gasteiger partial charge in [-0.1, -0.05) is 22.4 Å². The Bertz CT molecular complexity index is 519. The van der Waals surface area contributed by atoms with E-state index in [4.69, 9.17) is 5.73 Å². The van der Waals surface area contributed by atoms with Crippen molar-refractivity contribution in [1.82, 2.24) is 10.6 Å². The van der Waals surface area contributed by atoms with Gasteiger partial charge in [0.2, 0.25) is 5.91 Å². The number of benzene rings is 1. The molecule has 0 saturated heterocycles. The van der Waals surface area contributed by atoms with Crippen molar-refractivity contribution in [1.29, 1.82) is 0 Å². The number of rotatable bonds is 6. The molecule has 1 aliphatic carbocycles. The molecule has 22 heavy (non-hydrogen) atoms. The van der Waals surface area contributed by atoms with Crippen molar-refractivity contribution in [2.24, 2.45) is 17.6 Å². The maximum absolute atomic E-state index is 12.1. The third kappa shape index (κ3) is 4.55. The lowest BCUT2D eigenvalue weighted by Crippen LogP contribution is -2.39. The lowest BCUT2D eigenvalue weighted by molar-refractivity contribution is -0.125. The molecule has 1 fully saturated rings. The van der Waals surface area contributed by atoms with Crippen LogP contribution in [0.5, 0.6) is 0 Å². The number of carbonyl (C=O) groups is 2. The van der Waals surface area contributed by atoms with Crippen LogP contribution in [0.3, 0.4) is 0 Å². The highest BCUT2D eigenvalue weighted by atomic mass is 79.9. The highest BCUT2D eigenvalue weighted by Gasteiger charge is 2.31. The van der Waals surface area contributed by atoms with E-state index in [9.17, 15) is 9.59 Å². The van der Waals surface area contributed by atoms with Crippen LogP contribution in [0, 0.1) is 11.8 Å². The third-order valence-corrected chi connectivity index (χ3v) is 4.64. The molecule has 0 radical (unpaired) electrons. The molecule has 1 aromatic carbocycles. The number of nitrogens with two attached hydrogens (primary N) is 1. The molecule has 4 N–H and O–H groups in total. The van der Waals surface area contributed by atoms with E-state index in [-0.39, 0.29) is 17.7 Å². The molecule has 6 heteroatoms. The lowest BCUT2D eigenvalue weighted by Gasteiger charge is -2.17. The average Bonchev–Trinajstić information content (AvgIpc) is 3.00. The minimum atomic E-state index is -0.137. The molecule has 0 heterocycles. The summed E-state index contributed by atoms with van der Waals surface area (Å²) in [6.45, 7) is 1.42. The smallest absolute Gasteiger partial charge is 0.251 e. The number of hydrogen-bond acceptors (Lipinski definition) is 3. The number of amides is 2. The van der Waals surface area contributed by atoms with Crippen molar-refractivity contribution in [2.75, 3.05) is 19.6 Å². The Labute approximate surface area is 139 Å². The van der Waals surface area contributed by atoms with Crippen LogP contribution in [0.15, 0.2) is 28.7 Å². The first-order chi connectivity index (χ1) is 10.6. The zero-order valence-corrected chi connectivity index (χ0v) is 14.1. The van der Waals surface area contributed by atoms with Crippen molar-refractivity contribution in [2.45, 2.75) is 19.3 Å². The summed E-state index contributed by atoms with van der Waals surface area (Å²) in [5.74, 6) is 0.262. The number of carbonyl (C=O) groups excluding carboxylic acids is 2. The Morgan fingerprint density at radius 3 is 2.50 bits per heavy atom. The second-order valence-electron chi connectivity index (χ2n) is 5.59. The van der Waals surface area contributed by atoms with E-state index in [0.717, 1.165) is 23.7 Å². The van der Waals surface area contributed by atoms with Gasteiger partial charge in [-0.3, -0.25) is 9.59 Å². The largest absolute Gasteiger partial charge is 0.354 e. The van der Waals surface area contributed by atoms with Crippen LogP contribution < -0.4 is 16.4 Å². The minimum absolute atomic E-state index is 0.0344. The molecule has 0 aromatic heterocycles. The van der Waals surface area contributed by atoms with Gasteiger partial charge >= 0.3 is 0 Å². The third-order valence-electron chi connectivity index (χ3n) is 4.11. The Kier molecular flexibility index (Phi) is 6.39. The molecule has 2 amide bonds. The van der Waals surface area contributed by atoms with E-state index < -0.39 is 0 Å². The molecule has 2 atom stereocenters. The van der Waals surface area contributed by atoms with Gasteiger partial charge in [0, 0.05) is 29.0 Å². The first-order valence-corrected chi connectivity index (χ1v) is 8.42. The highest BCUT2D eigenvalue weighted by molar-refractivity contribution is 9.10. The van der Waals surface area contributed by atoms with E-state index in [2.05, 4.69) is 26.6 Å². The molecule has 5 nitrogen and oxygen atoms in total. The molecule has 120 valence electrons. The lowest BCUT2D eigenvalue weighted by atomic mass is 9.95. The fraction of sp³-hybridized carbons (Fsp3) is 0.500. The summed E-state index contributed by atoms with van der Waals surface area (Å²) in [6, 6.07) is 7.15. The van der Waals surface area contributed by atoms with E-state index in [1.807, 2.05) is 12.1 Å². The van der Waals surface area contributed by atoms with E-state index in [0.29, 0.717) is 31.1 Å². The summed E-state index contributed by atoms with van der Waals surface area (Å²) >= 11 is 3.33. The van der Waals surface area contributed by atoms with Crippen LogP contribution >= 0.6 is 15.9 Å². The quantitative estimate of drug-likeness (QED) is 0.668. The summed E-state index contributed by atoms with van der Waals surface area (Å²) in [5, 5.41) is 5.68. The predicted molar refractivity (Wildman–Crippen MR) is 89.4 cm³/mol. The highest BCUT2D eigenvalue weighted by Crippen LogP contribution is 2.30. The second kappa shape index (κ2) is 8.29. The average molecular weight is 368 g/mol. The molecule has 1 saturated carbocycles. The Morgan fingerprint density at radius 1 is 1.14 bits per heavy atom. The fourth-order valence-electron chi connectivity index (χ4n) is 2.86. The molecule has 0 unspecified atom stereocenters. The van der Waals surface area contributed by atoms with Crippen molar-refractivity contribution in [3.05, 3.63) is 34.3 Å². The van der Waals surface area contributed by atoms with Crippen LogP contribution in [0.1, 0.15) is 29.6 Å². The van der Waals surface area contributed by atoms with Gasteiger partial charge in [0.25, 0.3) is 5.91 Å². The molecular formula is C16H22BrN3O2. The van der Waals surface area contributed by atoms with Crippen LogP contribution in [-0.2, 0) is 4.79 Å². The molecule has 1 aliphatic rings. The molecule has 0 aliphatic heterocycles. The van der Waals surface area contributed by atoms with Gasteiger partial charge in [0.15, 0.2) is 0 Å². The van der Waals surface area contributed by atoms with Gasteiger partial charge in [0.05, 0.1) is 0 Å².